The predicted molar refractivity (Wildman–Crippen MR) is 116 cm³/mol. The van der Waals surface area contributed by atoms with Crippen LogP contribution in [0.3, 0.4) is 0 Å². The van der Waals surface area contributed by atoms with Crippen LogP contribution in [-0.2, 0) is 16.1 Å². The number of nitrogens with one attached hydrogen (secondary N) is 1. The minimum atomic E-state index is -0.514. The quantitative estimate of drug-likeness (QED) is 0.537. The molecule has 30 heavy (non-hydrogen) atoms. The Labute approximate surface area is 178 Å². The Morgan fingerprint density at radius 1 is 1.13 bits per heavy atom. The molecule has 156 valence electrons. The summed E-state index contributed by atoms with van der Waals surface area (Å²) in [6.07, 6.45) is 0. The summed E-state index contributed by atoms with van der Waals surface area (Å²) < 4.78 is 6.92. The molecule has 0 aliphatic carbocycles. The highest BCUT2D eigenvalue weighted by Gasteiger charge is 2.18. The number of primary amides is 1. The van der Waals surface area contributed by atoms with Gasteiger partial charge in [-0.05, 0) is 37.6 Å². The molecule has 3 aromatic rings. The lowest BCUT2D eigenvalue weighted by molar-refractivity contribution is -0.118. The molecule has 0 saturated carbocycles. The predicted octanol–water partition coefficient (Wildman–Crippen LogP) is 2.79. The van der Waals surface area contributed by atoms with Crippen molar-refractivity contribution in [2.75, 3.05) is 18.2 Å². The number of nitrogens with zero attached hydrogens (tertiary/aromatic N) is 3. The van der Waals surface area contributed by atoms with Gasteiger partial charge in [-0.3, -0.25) is 14.2 Å². The number of nitrogens with two attached hydrogens (primary N) is 1. The first-order chi connectivity index (χ1) is 14.4. The molecule has 0 spiro atoms. The maximum atomic E-state index is 12.5. The van der Waals surface area contributed by atoms with Crippen molar-refractivity contribution in [1.29, 1.82) is 0 Å². The van der Waals surface area contributed by atoms with Gasteiger partial charge in [0.2, 0.25) is 11.8 Å². The summed E-state index contributed by atoms with van der Waals surface area (Å²) in [5.41, 5.74) is 8.90. The molecule has 1 heterocycles. The lowest BCUT2D eigenvalue weighted by Gasteiger charge is -2.11. The number of carbonyl (C=O) groups is 2. The van der Waals surface area contributed by atoms with Gasteiger partial charge >= 0.3 is 0 Å². The van der Waals surface area contributed by atoms with Crippen LogP contribution in [0.4, 0.5) is 5.69 Å². The number of aryl methyl sites for hydroxylation is 2. The fourth-order valence-electron chi connectivity index (χ4n) is 2.93. The van der Waals surface area contributed by atoms with E-state index in [9.17, 15) is 9.59 Å². The van der Waals surface area contributed by atoms with E-state index in [1.54, 1.807) is 17.7 Å². The molecule has 2 amide bonds. The standard InChI is InChI=1S/C21H23N5O3S/c1-13-5-4-6-15(9-13)20-24-25-21(26(20)11-18(22)27)30-12-19(28)23-16-10-14(2)7-8-17(16)29-3/h4-10H,11-12H2,1-3H3,(H2,22,27)(H,23,28). The molecule has 0 fully saturated rings. The number of amides is 2. The molecule has 0 radical (unpaired) electrons. The Morgan fingerprint density at radius 3 is 2.60 bits per heavy atom. The number of hydrogen-bond acceptors (Lipinski definition) is 6. The van der Waals surface area contributed by atoms with Gasteiger partial charge in [0.05, 0.1) is 18.6 Å². The number of hydrogen-bond donors (Lipinski definition) is 2. The number of carbonyl (C=O) groups excluding carboxylic acids is 2. The third kappa shape index (κ3) is 5.18. The van der Waals surface area contributed by atoms with Crippen LogP contribution in [0, 0.1) is 13.8 Å². The van der Waals surface area contributed by atoms with E-state index in [1.807, 2.05) is 50.2 Å². The van der Waals surface area contributed by atoms with Crippen LogP contribution >= 0.6 is 11.8 Å². The molecule has 0 aliphatic rings. The highest BCUT2D eigenvalue weighted by Crippen LogP contribution is 2.27. The Hall–Kier alpha value is -3.33. The van der Waals surface area contributed by atoms with E-state index in [1.165, 1.54) is 11.8 Å². The van der Waals surface area contributed by atoms with Crippen molar-refractivity contribution in [2.24, 2.45) is 5.73 Å². The molecule has 0 saturated heterocycles. The highest BCUT2D eigenvalue weighted by molar-refractivity contribution is 7.99. The fraction of sp³-hybridized carbons (Fsp3) is 0.238. The van der Waals surface area contributed by atoms with Crippen molar-refractivity contribution in [1.82, 2.24) is 14.8 Å². The van der Waals surface area contributed by atoms with Gasteiger partial charge < -0.3 is 15.8 Å². The van der Waals surface area contributed by atoms with Crippen LogP contribution < -0.4 is 15.8 Å². The second kappa shape index (κ2) is 9.45. The Bertz CT molecular complexity index is 1080. The first kappa shape index (κ1) is 21.4. The fourth-order valence-corrected chi connectivity index (χ4v) is 3.67. The highest BCUT2D eigenvalue weighted by atomic mass is 32.2. The number of thioether (sulfide) groups is 1. The van der Waals surface area contributed by atoms with Gasteiger partial charge in [-0.1, -0.05) is 41.6 Å². The summed E-state index contributed by atoms with van der Waals surface area (Å²) in [6.45, 7) is 3.83. The second-order valence-electron chi connectivity index (χ2n) is 6.77. The molecule has 9 heteroatoms. The molecular formula is C21H23N5O3S. The zero-order valence-electron chi connectivity index (χ0n) is 17.0. The molecule has 3 rings (SSSR count). The summed E-state index contributed by atoms with van der Waals surface area (Å²) >= 11 is 1.18. The van der Waals surface area contributed by atoms with Gasteiger partial charge in [0.15, 0.2) is 11.0 Å². The Morgan fingerprint density at radius 2 is 1.90 bits per heavy atom. The number of aromatic nitrogens is 3. The number of methoxy groups -OCH3 is 1. The molecule has 0 aliphatic heterocycles. The van der Waals surface area contributed by atoms with Crippen molar-refractivity contribution >= 4 is 29.3 Å². The van der Waals surface area contributed by atoms with Gasteiger partial charge in [0, 0.05) is 5.56 Å². The van der Waals surface area contributed by atoms with Crippen molar-refractivity contribution in [3.63, 3.8) is 0 Å². The van der Waals surface area contributed by atoms with Gasteiger partial charge in [-0.15, -0.1) is 10.2 Å². The SMILES string of the molecule is COc1ccc(C)cc1NC(=O)CSc1nnc(-c2cccc(C)c2)n1CC(N)=O. The summed E-state index contributed by atoms with van der Waals surface area (Å²) in [5, 5.41) is 11.7. The first-order valence-electron chi connectivity index (χ1n) is 9.23. The summed E-state index contributed by atoms with van der Waals surface area (Å²) in [6, 6.07) is 13.3. The van der Waals surface area contributed by atoms with Crippen molar-refractivity contribution < 1.29 is 14.3 Å². The van der Waals surface area contributed by atoms with E-state index >= 15 is 0 Å². The maximum Gasteiger partial charge on any atom is 0.237 e. The van der Waals surface area contributed by atoms with Gasteiger partial charge in [0.25, 0.3) is 0 Å². The molecule has 0 bridgehead atoms. The van der Waals surface area contributed by atoms with Crippen LogP contribution in [0.15, 0.2) is 47.6 Å². The van der Waals surface area contributed by atoms with E-state index in [4.69, 9.17) is 10.5 Å². The molecule has 0 unspecified atom stereocenters. The summed E-state index contributed by atoms with van der Waals surface area (Å²) in [7, 11) is 1.55. The first-order valence-corrected chi connectivity index (χ1v) is 10.2. The third-order valence-electron chi connectivity index (χ3n) is 4.27. The average molecular weight is 426 g/mol. The molecule has 2 aromatic carbocycles. The van der Waals surface area contributed by atoms with Crippen LogP contribution in [-0.4, -0.2) is 39.4 Å². The number of benzene rings is 2. The van der Waals surface area contributed by atoms with Gasteiger partial charge in [-0.25, -0.2) is 0 Å². The van der Waals surface area contributed by atoms with Crippen LogP contribution in [0.2, 0.25) is 0 Å². The van der Waals surface area contributed by atoms with Crippen LogP contribution in [0.1, 0.15) is 11.1 Å². The van der Waals surface area contributed by atoms with E-state index in [-0.39, 0.29) is 18.2 Å². The van der Waals surface area contributed by atoms with Gasteiger partial charge in [0.1, 0.15) is 12.3 Å². The molecule has 8 nitrogen and oxygen atoms in total. The van der Waals surface area contributed by atoms with Crippen LogP contribution in [0.25, 0.3) is 11.4 Å². The molecule has 0 atom stereocenters. The number of ether oxygens (including phenoxy) is 1. The Kier molecular flexibility index (Phi) is 6.73. The minimum Gasteiger partial charge on any atom is -0.495 e. The Balaban J connectivity index is 1.77. The minimum absolute atomic E-state index is 0.0774. The average Bonchev–Trinajstić information content (AvgIpc) is 3.08. The van der Waals surface area contributed by atoms with Crippen molar-refractivity contribution in [2.45, 2.75) is 25.5 Å². The number of anilines is 1. The second-order valence-corrected chi connectivity index (χ2v) is 7.71. The van der Waals surface area contributed by atoms with E-state index in [0.717, 1.165) is 16.7 Å². The van der Waals surface area contributed by atoms with Crippen molar-refractivity contribution in [3.8, 4) is 17.1 Å². The zero-order chi connectivity index (χ0) is 21.7. The normalized spacial score (nSPS) is 10.6. The molecule has 1 aromatic heterocycles. The van der Waals surface area contributed by atoms with E-state index < -0.39 is 5.91 Å². The lowest BCUT2D eigenvalue weighted by Crippen LogP contribution is -2.20. The van der Waals surface area contributed by atoms with E-state index in [0.29, 0.717) is 22.4 Å². The molecule has 3 N–H and O–H groups in total. The lowest BCUT2D eigenvalue weighted by atomic mass is 10.1. The summed E-state index contributed by atoms with van der Waals surface area (Å²) in [5.74, 6) is 0.453. The third-order valence-corrected chi connectivity index (χ3v) is 5.24. The largest absolute Gasteiger partial charge is 0.495 e. The monoisotopic (exact) mass is 425 g/mol. The van der Waals surface area contributed by atoms with Crippen molar-refractivity contribution in [3.05, 3.63) is 53.6 Å². The summed E-state index contributed by atoms with van der Waals surface area (Å²) in [4.78, 5) is 24.1. The smallest absolute Gasteiger partial charge is 0.237 e. The number of rotatable bonds is 8. The zero-order valence-corrected chi connectivity index (χ0v) is 17.8. The van der Waals surface area contributed by atoms with E-state index in [2.05, 4.69) is 15.5 Å². The maximum absolute atomic E-state index is 12.5. The van der Waals surface area contributed by atoms with Crippen LogP contribution in [0.5, 0.6) is 5.75 Å². The molecular weight excluding hydrogens is 402 g/mol. The topological polar surface area (TPSA) is 112 Å². The van der Waals surface area contributed by atoms with Gasteiger partial charge in [-0.2, -0.15) is 0 Å².